The molecule has 0 saturated heterocycles. The lowest BCUT2D eigenvalue weighted by molar-refractivity contribution is -0.145. The van der Waals surface area contributed by atoms with Gasteiger partial charge in [-0.25, -0.2) is 4.79 Å². The fraction of sp³-hybridized carbons (Fsp3) is 0.190. The molecule has 0 N–H and O–H groups in total. The van der Waals surface area contributed by atoms with Crippen molar-refractivity contribution in [2.75, 3.05) is 7.11 Å². The summed E-state index contributed by atoms with van der Waals surface area (Å²) in [6.07, 6.45) is 3.81. The van der Waals surface area contributed by atoms with Crippen molar-refractivity contribution < 1.29 is 19.1 Å². The van der Waals surface area contributed by atoms with E-state index in [1.54, 1.807) is 30.3 Å². The molecule has 2 aromatic rings. The number of aryl methyl sites for hydroxylation is 1. The average molecular weight is 349 g/mol. The minimum absolute atomic E-state index is 0.187. The molecule has 1 heterocycles. The third kappa shape index (κ3) is 3.28. The molecule has 1 aliphatic rings. The summed E-state index contributed by atoms with van der Waals surface area (Å²) in [5, 5.41) is 0. The van der Waals surface area contributed by atoms with Crippen LogP contribution in [0.2, 0.25) is 0 Å². The summed E-state index contributed by atoms with van der Waals surface area (Å²) < 4.78 is 4.82. The highest BCUT2D eigenvalue weighted by Gasteiger charge is 2.42. The summed E-state index contributed by atoms with van der Waals surface area (Å²) in [5.74, 6) is -1.55. The van der Waals surface area contributed by atoms with Crippen LogP contribution in [-0.2, 0) is 9.53 Å². The van der Waals surface area contributed by atoms with Crippen LogP contribution < -0.4 is 0 Å². The van der Waals surface area contributed by atoms with Crippen molar-refractivity contribution >= 4 is 23.9 Å². The van der Waals surface area contributed by atoms with Gasteiger partial charge in [0.1, 0.15) is 6.04 Å². The van der Waals surface area contributed by atoms with E-state index in [1.165, 1.54) is 7.11 Å². The van der Waals surface area contributed by atoms with Gasteiger partial charge in [-0.05, 0) is 31.0 Å². The highest BCUT2D eigenvalue weighted by molar-refractivity contribution is 6.22. The first-order chi connectivity index (χ1) is 12.5. The molecule has 5 nitrogen and oxygen atoms in total. The second-order valence-corrected chi connectivity index (χ2v) is 6.11. The molecule has 1 atom stereocenters. The van der Waals surface area contributed by atoms with E-state index in [1.807, 2.05) is 37.3 Å². The number of hydrogen-bond acceptors (Lipinski definition) is 4. The van der Waals surface area contributed by atoms with Crippen molar-refractivity contribution in [3.63, 3.8) is 0 Å². The van der Waals surface area contributed by atoms with Crippen LogP contribution in [0.1, 0.15) is 38.3 Å². The molecule has 1 unspecified atom stereocenters. The Kier molecular flexibility index (Phi) is 4.98. The molecule has 2 aromatic carbocycles. The Labute approximate surface area is 151 Å². The van der Waals surface area contributed by atoms with Gasteiger partial charge in [-0.2, -0.15) is 0 Å². The Morgan fingerprint density at radius 2 is 1.62 bits per heavy atom. The minimum atomic E-state index is -0.992. The predicted molar refractivity (Wildman–Crippen MR) is 97.6 cm³/mol. The van der Waals surface area contributed by atoms with Gasteiger partial charge in [0.05, 0.1) is 18.2 Å². The number of esters is 1. The largest absolute Gasteiger partial charge is 0.467 e. The first kappa shape index (κ1) is 17.6. The van der Waals surface area contributed by atoms with Gasteiger partial charge in [0, 0.05) is 0 Å². The number of carbonyl (C=O) groups is 3. The summed E-state index contributed by atoms with van der Waals surface area (Å²) in [4.78, 5) is 38.4. The van der Waals surface area contributed by atoms with Crippen molar-refractivity contribution in [2.24, 2.45) is 0 Å². The molecule has 3 rings (SSSR count). The van der Waals surface area contributed by atoms with Gasteiger partial charge in [0.15, 0.2) is 0 Å². The smallest absolute Gasteiger partial charge is 0.329 e. The summed E-state index contributed by atoms with van der Waals surface area (Å²) in [7, 11) is 1.25. The average Bonchev–Trinajstić information content (AvgIpc) is 2.91. The maximum Gasteiger partial charge on any atom is 0.329 e. The van der Waals surface area contributed by atoms with Crippen molar-refractivity contribution in [3.05, 3.63) is 76.9 Å². The highest BCUT2D eigenvalue weighted by Crippen LogP contribution is 2.26. The van der Waals surface area contributed by atoms with Crippen molar-refractivity contribution in [1.82, 2.24) is 4.90 Å². The molecule has 0 aromatic heterocycles. The number of nitrogens with zero attached hydrogens (tertiary/aromatic N) is 1. The van der Waals surface area contributed by atoms with Crippen LogP contribution in [0.15, 0.2) is 54.6 Å². The Bertz CT molecular complexity index is 848. The zero-order valence-electron chi connectivity index (χ0n) is 14.6. The number of carbonyl (C=O) groups excluding carboxylic acids is 3. The van der Waals surface area contributed by atoms with Crippen molar-refractivity contribution in [1.29, 1.82) is 0 Å². The summed E-state index contributed by atoms with van der Waals surface area (Å²) in [5.41, 5.74) is 2.75. The number of imide groups is 1. The highest BCUT2D eigenvalue weighted by atomic mass is 16.5. The minimum Gasteiger partial charge on any atom is -0.467 e. The van der Waals surface area contributed by atoms with Crippen molar-refractivity contribution in [2.45, 2.75) is 19.4 Å². The number of amides is 2. The number of hydrogen-bond donors (Lipinski definition) is 0. The molecule has 0 aliphatic carbocycles. The van der Waals surface area contributed by atoms with E-state index in [0.29, 0.717) is 11.1 Å². The monoisotopic (exact) mass is 349 g/mol. The maximum atomic E-state index is 12.6. The molecule has 0 saturated carbocycles. The topological polar surface area (TPSA) is 63.7 Å². The zero-order valence-corrected chi connectivity index (χ0v) is 14.6. The number of fused-ring (bicyclic) bond motifs is 1. The fourth-order valence-electron chi connectivity index (χ4n) is 2.94. The fourth-order valence-corrected chi connectivity index (χ4v) is 2.94. The Hall–Kier alpha value is -3.21. The van der Waals surface area contributed by atoms with Gasteiger partial charge >= 0.3 is 5.97 Å². The van der Waals surface area contributed by atoms with Gasteiger partial charge in [-0.1, -0.05) is 54.1 Å². The normalized spacial score (nSPS) is 14.6. The first-order valence-electron chi connectivity index (χ1n) is 8.31. The predicted octanol–water partition coefficient (Wildman–Crippen LogP) is 3.24. The molecule has 2 amide bonds. The second-order valence-electron chi connectivity index (χ2n) is 6.11. The van der Waals surface area contributed by atoms with E-state index < -0.39 is 23.8 Å². The van der Waals surface area contributed by atoms with Crippen LogP contribution in [0.5, 0.6) is 0 Å². The molecule has 1 aliphatic heterocycles. The lowest BCUT2D eigenvalue weighted by Crippen LogP contribution is -2.45. The number of ether oxygens (including phenoxy) is 1. The first-order valence-corrected chi connectivity index (χ1v) is 8.31. The Balaban J connectivity index is 1.83. The number of rotatable bonds is 5. The van der Waals surface area contributed by atoms with E-state index in [9.17, 15) is 14.4 Å². The van der Waals surface area contributed by atoms with Crippen LogP contribution in [0, 0.1) is 6.92 Å². The summed E-state index contributed by atoms with van der Waals surface area (Å²) >= 11 is 0. The van der Waals surface area contributed by atoms with E-state index in [2.05, 4.69) is 0 Å². The van der Waals surface area contributed by atoms with Crippen LogP contribution in [0.25, 0.3) is 6.08 Å². The quantitative estimate of drug-likeness (QED) is 0.614. The number of benzene rings is 2. The molecular weight excluding hydrogens is 330 g/mol. The maximum absolute atomic E-state index is 12.6. The van der Waals surface area contributed by atoms with Gasteiger partial charge in [0.25, 0.3) is 11.8 Å². The van der Waals surface area contributed by atoms with Crippen LogP contribution in [-0.4, -0.2) is 35.8 Å². The van der Waals surface area contributed by atoms with Crippen LogP contribution in [0.4, 0.5) is 0 Å². The lowest BCUT2D eigenvalue weighted by Gasteiger charge is -2.22. The Morgan fingerprint density at radius 3 is 2.15 bits per heavy atom. The molecular formula is C21H19NO4. The third-order valence-corrected chi connectivity index (χ3v) is 4.36. The van der Waals surface area contributed by atoms with Crippen LogP contribution in [0.3, 0.4) is 0 Å². The molecule has 5 heteroatoms. The van der Waals surface area contributed by atoms with Gasteiger partial charge < -0.3 is 4.74 Å². The molecule has 0 radical (unpaired) electrons. The van der Waals surface area contributed by atoms with Gasteiger partial charge in [-0.15, -0.1) is 0 Å². The molecule has 0 spiro atoms. The van der Waals surface area contributed by atoms with E-state index in [4.69, 9.17) is 4.74 Å². The number of methoxy groups -OCH3 is 1. The summed E-state index contributed by atoms with van der Waals surface area (Å²) in [6.45, 7) is 2.00. The molecule has 132 valence electrons. The zero-order chi connectivity index (χ0) is 18.7. The van der Waals surface area contributed by atoms with Crippen LogP contribution >= 0.6 is 0 Å². The SMILES string of the molecule is COC(=O)C(C/C=C/c1ccc(C)cc1)N1C(=O)c2ccccc2C1=O. The molecule has 0 bridgehead atoms. The third-order valence-electron chi connectivity index (χ3n) is 4.36. The second kappa shape index (κ2) is 7.35. The Morgan fingerprint density at radius 1 is 1.04 bits per heavy atom. The van der Waals surface area contributed by atoms with Gasteiger partial charge in [0.2, 0.25) is 0 Å². The van der Waals surface area contributed by atoms with E-state index in [0.717, 1.165) is 16.0 Å². The van der Waals surface area contributed by atoms with Crippen molar-refractivity contribution in [3.8, 4) is 0 Å². The van der Waals surface area contributed by atoms with E-state index >= 15 is 0 Å². The standard InChI is InChI=1S/C21H19NO4/c1-14-10-12-15(13-11-14)6-5-9-18(21(25)26-2)22-19(23)16-7-3-4-8-17(16)20(22)24/h3-8,10-13,18H,9H2,1-2H3/b6-5+. The molecule has 0 fully saturated rings. The molecule has 26 heavy (non-hydrogen) atoms. The summed E-state index contributed by atoms with van der Waals surface area (Å²) in [6, 6.07) is 13.5. The van der Waals surface area contributed by atoms with Gasteiger partial charge in [-0.3, -0.25) is 14.5 Å². The lowest BCUT2D eigenvalue weighted by atomic mass is 10.1. The van der Waals surface area contributed by atoms with E-state index in [-0.39, 0.29) is 6.42 Å².